The average molecular weight is 362 g/mol. The minimum atomic E-state index is -0.189. The molecule has 0 aromatic carbocycles. The second kappa shape index (κ2) is 7.05. The lowest BCUT2D eigenvalue weighted by Gasteiger charge is -2.15. The van der Waals surface area contributed by atoms with Crippen LogP contribution in [0.25, 0.3) is 0 Å². The summed E-state index contributed by atoms with van der Waals surface area (Å²) in [5, 5.41) is 5.45. The molecule has 0 radical (unpaired) electrons. The van der Waals surface area contributed by atoms with E-state index in [4.69, 9.17) is 9.47 Å². The predicted molar refractivity (Wildman–Crippen MR) is 94.7 cm³/mol. The number of nitrogens with zero attached hydrogens (tertiary/aromatic N) is 3. The molecule has 0 aliphatic heterocycles. The summed E-state index contributed by atoms with van der Waals surface area (Å²) >= 11 is 1.44. The van der Waals surface area contributed by atoms with Gasteiger partial charge in [0.1, 0.15) is 11.5 Å². The van der Waals surface area contributed by atoms with E-state index in [0.717, 1.165) is 17.8 Å². The number of thiazole rings is 1. The Morgan fingerprint density at radius 3 is 2.92 bits per heavy atom. The minimum Gasteiger partial charge on any atom is -0.489 e. The van der Waals surface area contributed by atoms with E-state index in [2.05, 4.69) is 27.2 Å². The quantitative estimate of drug-likeness (QED) is 0.815. The molecule has 2 heterocycles. The Hall–Kier alpha value is -2.06. The van der Waals surface area contributed by atoms with Gasteiger partial charge in [0.05, 0.1) is 25.1 Å². The highest BCUT2D eigenvalue weighted by Gasteiger charge is 2.55. The van der Waals surface area contributed by atoms with Crippen molar-refractivity contribution in [1.29, 1.82) is 0 Å². The number of hydrogen-bond donors (Lipinski definition) is 1. The summed E-state index contributed by atoms with van der Waals surface area (Å²) in [6.07, 6.45) is 2.45. The zero-order valence-electron chi connectivity index (χ0n) is 14.8. The fourth-order valence-electron chi connectivity index (χ4n) is 2.69. The van der Waals surface area contributed by atoms with Crippen LogP contribution in [0.1, 0.15) is 30.6 Å². The van der Waals surface area contributed by atoms with Crippen molar-refractivity contribution in [3.05, 3.63) is 28.8 Å². The van der Waals surface area contributed by atoms with Crippen molar-refractivity contribution in [3.8, 4) is 5.75 Å². The fourth-order valence-corrected chi connectivity index (χ4v) is 3.38. The smallest absolute Gasteiger partial charge is 0.229 e. The first kappa shape index (κ1) is 17.8. The lowest BCUT2D eigenvalue weighted by molar-refractivity contribution is -0.118. The fraction of sp³-hybridized carbons (Fsp3) is 0.529. The molecular formula is C17H22N4O3S. The van der Waals surface area contributed by atoms with E-state index in [-0.39, 0.29) is 17.2 Å². The Morgan fingerprint density at radius 1 is 1.44 bits per heavy atom. The number of carbonyl (C=O) groups is 1. The lowest BCUT2D eigenvalue weighted by Crippen LogP contribution is -2.21. The van der Waals surface area contributed by atoms with Gasteiger partial charge in [0.25, 0.3) is 0 Å². The van der Waals surface area contributed by atoms with Gasteiger partial charge in [-0.3, -0.25) is 4.79 Å². The summed E-state index contributed by atoms with van der Waals surface area (Å²) in [4.78, 5) is 25.2. The molecular weight excluding hydrogens is 340 g/mol. The summed E-state index contributed by atoms with van der Waals surface area (Å²) in [5.41, 5.74) is 1.44. The van der Waals surface area contributed by atoms with Crippen molar-refractivity contribution in [3.63, 3.8) is 0 Å². The zero-order chi connectivity index (χ0) is 18.0. The molecule has 1 fully saturated rings. The summed E-state index contributed by atoms with van der Waals surface area (Å²) in [6, 6.07) is 0. The zero-order valence-corrected chi connectivity index (χ0v) is 15.6. The van der Waals surface area contributed by atoms with Crippen LogP contribution in [0.2, 0.25) is 0 Å². The highest BCUT2D eigenvalue weighted by atomic mass is 32.1. The SMILES string of the molecule is COCc1nc(C)ncc1OC[C@@]1(C)C[C@H]1C(=O)Nc1nc(C)cs1. The third kappa shape index (κ3) is 4.13. The Labute approximate surface area is 150 Å². The number of methoxy groups -OCH3 is 1. The van der Waals surface area contributed by atoms with Crippen molar-refractivity contribution in [2.75, 3.05) is 19.0 Å². The van der Waals surface area contributed by atoms with E-state index < -0.39 is 0 Å². The second-order valence-electron chi connectivity index (χ2n) is 6.64. The van der Waals surface area contributed by atoms with Gasteiger partial charge in [0.2, 0.25) is 5.91 Å². The summed E-state index contributed by atoms with van der Waals surface area (Å²) in [5.74, 6) is 1.20. The molecule has 8 heteroatoms. The number of nitrogens with one attached hydrogen (secondary N) is 1. The van der Waals surface area contributed by atoms with Gasteiger partial charge < -0.3 is 14.8 Å². The van der Waals surface area contributed by atoms with Gasteiger partial charge in [-0.05, 0) is 20.3 Å². The molecule has 1 aliphatic rings. The standard InChI is InChI=1S/C17H22N4O3S/c1-10-8-25-16(19-10)21-15(22)12-5-17(12,3)9-24-14-6-18-11(2)20-13(14)7-23-4/h6,8,12H,5,7,9H2,1-4H3,(H,19,21,22)/t12-,17+/m0/s1. The normalized spacial score (nSPS) is 21.8. The van der Waals surface area contributed by atoms with Crippen LogP contribution in [0.4, 0.5) is 5.13 Å². The Balaban J connectivity index is 1.58. The van der Waals surface area contributed by atoms with Crippen LogP contribution >= 0.6 is 11.3 Å². The monoisotopic (exact) mass is 362 g/mol. The van der Waals surface area contributed by atoms with E-state index >= 15 is 0 Å². The number of amides is 1. The molecule has 25 heavy (non-hydrogen) atoms. The largest absolute Gasteiger partial charge is 0.489 e. The van der Waals surface area contributed by atoms with Crippen LogP contribution in [0.3, 0.4) is 0 Å². The molecule has 0 unspecified atom stereocenters. The first-order valence-electron chi connectivity index (χ1n) is 8.08. The van der Waals surface area contributed by atoms with Crippen LogP contribution in [-0.4, -0.2) is 34.6 Å². The van der Waals surface area contributed by atoms with Crippen LogP contribution in [0, 0.1) is 25.2 Å². The van der Waals surface area contributed by atoms with Crippen LogP contribution < -0.4 is 10.1 Å². The molecule has 1 saturated carbocycles. The summed E-state index contributed by atoms with van der Waals surface area (Å²) in [7, 11) is 1.62. The van der Waals surface area contributed by atoms with Crippen LogP contribution in [0.15, 0.2) is 11.6 Å². The Kier molecular flexibility index (Phi) is 5.01. The molecule has 0 bridgehead atoms. The first-order chi connectivity index (χ1) is 11.9. The second-order valence-corrected chi connectivity index (χ2v) is 7.50. The third-order valence-electron chi connectivity index (χ3n) is 4.31. The van der Waals surface area contributed by atoms with Gasteiger partial charge in [-0.15, -0.1) is 11.3 Å². The molecule has 2 atom stereocenters. The van der Waals surface area contributed by atoms with E-state index in [1.807, 2.05) is 19.2 Å². The van der Waals surface area contributed by atoms with Crippen molar-refractivity contribution < 1.29 is 14.3 Å². The summed E-state index contributed by atoms with van der Waals surface area (Å²) in [6.45, 7) is 6.58. The topological polar surface area (TPSA) is 86.2 Å². The molecule has 1 N–H and O–H groups in total. The number of aryl methyl sites for hydroxylation is 2. The predicted octanol–water partition coefficient (Wildman–Crippen LogP) is 2.74. The molecule has 0 spiro atoms. The van der Waals surface area contributed by atoms with E-state index in [0.29, 0.717) is 29.9 Å². The Morgan fingerprint density at radius 2 is 2.24 bits per heavy atom. The van der Waals surface area contributed by atoms with Crippen molar-refractivity contribution in [1.82, 2.24) is 15.0 Å². The minimum absolute atomic E-state index is 0.00211. The van der Waals surface area contributed by atoms with Crippen LogP contribution in [0.5, 0.6) is 5.75 Å². The number of ether oxygens (including phenoxy) is 2. The van der Waals surface area contributed by atoms with Gasteiger partial charge >= 0.3 is 0 Å². The van der Waals surface area contributed by atoms with Crippen molar-refractivity contribution in [2.24, 2.45) is 11.3 Å². The molecule has 0 saturated heterocycles. The maximum absolute atomic E-state index is 12.4. The lowest BCUT2D eigenvalue weighted by atomic mass is 10.1. The third-order valence-corrected chi connectivity index (χ3v) is 5.18. The molecule has 134 valence electrons. The molecule has 1 aliphatic carbocycles. The highest BCUT2D eigenvalue weighted by Crippen LogP contribution is 2.52. The van der Waals surface area contributed by atoms with E-state index in [1.54, 1.807) is 13.3 Å². The first-order valence-corrected chi connectivity index (χ1v) is 8.96. The van der Waals surface area contributed by atoms with E-state index in [1.165, 1.54) is 11.3 Å². The molecule has 1 amide bonds. The van der Waals surface area contributed by atoms with Gasteiger partial charge in [-0.2, -0.15) is 0 Å². The average Bonchev–Trinajstić information content (AvgIpc) is 3.08. The van der Waals surface area contributed by atoms with Crippen LogP contribution in [-0.2, 0) is 16.1 Å². The maximum Gasteiger partial charge on any atom is 0.229 e. The van der Waals surface area contributed by atoms with Crippen molar-refractivity contribution >= 4 is 22.4 Å². The Bertz CT molecular complexity index is 779. The van der Waals surface area contributed by atoms with Gasteiger partial charge in [-0.1, -0.05) is 6.92 Å². The molecule has 2 aromatic heterocycles. The number of aromatic nitrogens is 3. The number of anilines is 1. The number of carbonyl (C=O) groups excluding carboxylic acids is 1. The summed E-state index contributed by atoms with van der Waals surface area (Å²) < 4.78 is 11.1. The highest BCUT2D eigenvalue weighted by molar-refractivity contribution is 7.13. The molecule has 3 rings (SSSR count). The van der Waals surface area contributed by atoms with Gasteiger partial charge in [0.15, 0.2) is 10.9 Å². The maximum atomic E-state index is 12.4. The van der Waals surface area contributed by atoms with Gasteiger partial charge in [-0.25, -0.2) is 15.0 Å². The molecule has 7 nitrogen and oxygen atoms in total. The molecule has 2 aromatic rings. The number of rotatable bonds is 7. The number of hydrogen-bond acceptors (Lipinski definition) is 7. The van der Waals surface area contributed by atoms with Crippen molar-refractivity contribution in [2.45, 2.75) is 33.8 Å². The van der Waals surface area contributed by atoms with E-state index in [9.17, 15) is 4.79 Å². The van der Waals surface area contributed by atoms with Gasteiger partial charge in [0, 0.05) is 23.8 Å².